The van der Waals surface area contributed by atoms with Crippen LogP contribution < -0.4 is 5.32 Å². The Balaban J connectivity index is 1.99. The number of hydrogen-bond donors (Lipinski definition) is 1. The lowest BCUT2D eigenvalue weighted by Crippen LogP contribution is -2.40. The van der Waals surface area contributed by atoms with Crippen molar-refractivity contribution >= 4 is 5.91 Å². The van der Waals surface area contributed by atoms with E-state index in [1.165, 1.54) is 12.8 Å². The average molecular weight is 260 g/mol. The number of nitrogens with one attached hydrogen (secondary N) is 1. The van der Waals surface area contributed by atoms with Gasteiger partial charge in [-0.1, -0.05) is 37.3 Å². The first kappa shape index (κ1) is 14.1. The second kappa shape index (κ2) is 6.71. The number of benzene rings is 1. The number of hydrogen-bond acceptors (Lipinski definition) is 2. The number of likely N-dealkylation sites (N-methyl/N-ethyl adjacent to an activating group) is 1. The minimum atomic E-state index is -0.00685. The minimum Gasteiger partial charge on any atom is -0.344 e. The van der Waals surface area contributed by atoms with Crippen molar-refractivity contribution in [2.45, 2.75) is 38.1 Å². The summed E-state index contributed by atoms with van der Waals surface area (Å²) in [5.74, 6) is 0.231. The Bertz CT molecular complexity index is 398. The third kappa shape index (κ3) is 3.57. The van der Waals surface area contributed by atoms with Crippen LogP contribution in [-0.4, -0.2) is 37.0 Å². The van der Waals surface area contributed by atoms with Crippen molar-refractivity contribution < 1.29 is 4.79 Å². The maximum atomic E-state index is 12.6. The van der Waals surface area contributed by atoms with E-state index >= 15 is 0 Å². The van der Waals surface area contributed by atoms with Gasteiger partial charge >= 0.3 is 0 Å². The molecule has 1 fully saturated rings. The average Bonchev–Trinajstić information content (AvgIpc) is 2.93. The van der Waals surface area contributed by atoms with Crippen LogP contribution in [0, 0.1) is 0 Å². The minimum absolute atomic E-state index is 0.00685. The molecule has 104 valence electrons. The number of carbonyl (C=O) groups is 1. The molecule has 1 amide bonds. The highest BCUT2D eigenvalue weighted by atomic mass is 16.2. The van der Waals surface area contributed by atoms with Crippen molar-refractivity contribution in [2.24, 2.45) is 0 Å². The van der Waals surface area contributed by atoms with E-state index in [0.29, 0.717) is 6.04 Å². The molecular weight excluding hydrogens is 236 g/mol. The molecule has 0 radical (unpaired) electrons. The van der Waals surface area contributed by atoms with Gasteiger partial charge < -0.3 is 10.2 Å². The van der Waals surface area contributed by atoms with E-state index in [4.69, 9.17) is 0 Å². The molecule has 1 N–H and O–H groups in total. The summed E-state index contributed by atoms with van der Waals surface area (Å²) < 4.78 is 0. The van der Waals surface area contributed by atoms with Crippen LogP contribution in [0.15, 0.2) is 30.3 Å². The highest BCUT2D eigenvalue weighted by Crippen LogP contribution is 2.22. The Morgan fingerprint density at radius 3 is 2.74 bits per heavy atom. The number of carbonyl (C=O) groups excluding carboxylic acids is 1. The summed E-state index contributed by atoms with van der Waals surface area (Å²) in [6, 6.07) is 10.6. The molecule has 0 bridgehead atoms. The third-order valence-electron chi connectivity index (χ3n) is 3.94. The zero-order chi connectivity index (χ0) is 13.7. The summed E-state index contributed by atoms with van der Waals surface area (Å²) in [6.07, 6.45) is 3.26. The summed E-state index contributed by atoms with van der Waals surface area (Å²) in [5, 5.41) is 3.45. The van der Waals surface area contributed by atoms with Gasteiger partial charge in [-0.25, -0.2) is 0 Å². The maximum absolute atomic E-state index is 12.6. The van der Waals surface area contributed by atoms with E-state index in [9.17, 15) is 4.79 Å². The lowest BCUT2D eigenvalue weighted by Gasteiger charge is -2.26. The molecule has 1 aromatic rings. The zero-order valence-corrected chi connectivity index (χ0v) is 11.9. The normalized spacial score (nSPS) is 20.2. The highest BCUT2D eigenvalue weighted by molar-refractivity contribution is 5.83. The van der Waals surface area contributed by atoms with Crippen LogP contribution in [-0.2, 0) is 4.79 Å². The smallest absolute Gasteiger partial charge is 0.229 e. The van der Waals surface area contributed by atoms with Gasteiger partial charge in [-0.2, -0.15) is 0 Å². The van der Waals surface area contributed by atoms with Gasteiger partial charge in [0.1, 0.15) is 0 Å². The number of nitrogens with zero attached hydrogens (tertiary/aromatic N) is 1. The van der Waals surface area contributed by atoms with Crippen LogP contribution in [0.5, 0.6) is 0 Å². The molecule has 2 unspecified atom stereocenters. The number of rotatable bonds is 5. The summed E-state index contributed by atoms with van der Waals surface area (Å²) in [6.45, 7) is 3.99. The second-order valence-electron chi connectivity index (χ2n) is 5.38. The predicted molar refractivity (Wildman–Crippen MR) is 78.1 cm³/mol. The molecule has 1 saturated heterocycles. The van der Waals surface area contributed by atoms with E-state index in [1.54, 1.807) is 0 Å². The molecule has 3 heteroatoms. The molecular formula is C16H24N2O. The summed E-state index contributed by atoms with van der Waals surface area (Å²) >= 11 is 0. The van der Waals surface area contributed by atoms with Gasteiger partial charge in [0.25, 0.3) is 0 Å². The fourth-order valence-electron chi connectivity index (χ4n) is 2.84. The Morgan fingerprint density at radius 2 is 2.16 bits per heavy atom. The summed E-state index contributed by atoms with van der Waals surface area (Å²) in [5.41, 5.74) is 1.13. The fraction of sp³-hybridized carbons (Fsp3) is 0.562. The Labute approximate surface area is 116 Å². The molecule has 3 nitrogen and oxygen atoms in total. The van der Waals surface area contributed by atoms with Gasteiger partial charge in [0.15, 0.2) is 0 Å². The lowest BCUT2D eigenvalue weighted by molar-refractivity contribution is -0.131. The molecule has 1 aliphatic heterocycles. The molecule has 19 heavy (non-hydrogen) atoms. The Morgan fingerprint density at radius 1 is 1.42 bits per heavy atom. The SMILES string of the molecule is CCC(C(=O)N(C)CC1CCCN1)c1ccccc1. The quantitative estimate of drug-likeness (QED) is 0.881. The van der Waals surface area contributed by atoms with Gasteiger partial charge in [0.2, 0.25) is 5.91 Å². The first-order valence-corrected chi connectivity index (χ1v) is 7.25. The van der Waals surface area contributed by atoms with E-state index in [1.807, 2.05) is 42.3 Å². The van der Waals surface area contributed by atoms with Crippen molar-refractivity contribution in [1.82, 2.24) is 10.2 Å². The van der Waals surface area contributed by atoms with Crippen molar-refractivity contribution in [3.63, 3.8) is 0 Å². The Kier molecular flexibility index (Phi) is 4.97. The highest BCUT2D eigenvalue weighted by Gasteiger charge is 2.24. The summed E-state index contributed by atoms with van der Waals surface area (Å²) in [4.78, 5) is 14.5. The van der Waals surface area contributed by atoms with E-state index in [0.717, 1.165) is 25.1 Å². The van der Waals surface area contributed by atoms with Crippen molar-refractivity contribution in [2.75, 3.05) is 20.1 Å². The lowest BCUT2D eigenvalue weighted by atomic mass is 9.95. The van der Waals surface area contributed by atoms with Gasteiger partial charge in [-0.3, -0.25) is 4.79 Å². The summed E-state index contributed by atoms with van der Waals surface area (Å²) in [7, 11) is 1.92. The van der Waals surface area contributed by atoms with Crippen molar-refractivity contribution in [1.29, 1.82) is 0 Å². The van der Waals surface area contributed by atoms with E-state index in [-0.39, 0.29) is 11.8 Å². The van der Waals surface area contributed by atoms with Crippen LogP contribution in [0.4, 0.5) is 0 Å². The molecule has 2 atom stereocenters. The molecule has 0 spiro atoms. The largest absolute Gasteiger partial charge is 0.344 e. The van der Waals surface area contributed by atoms with Gasteiger partial charge in [0.05, 0.1) is 5.92 Å². The van der Waals surface area contributed by atoms with E-state index < -0.39 is 0 Å². The van der Waals surface area contributed by atoms with E-state index in [2.05, 4.69) is 12.2 Å². The first-order chi connectivity index (χ1) is 9.22. The fourth-order valence-corrected chi connectivity index (χ4v) is 2.84. The molecule has 0 aromatic heterocycles. The van der Waals surface area contributed by atoms with Crippen LogP contribution in [0.25, 0.3) is 0 Å². The standard InChI is InChI=1S/C16H24N2O/c1-3-15(13-8-5-4-6-9-13)16(19)18(2)12-14-10-7-11-17-14/h4-6,8-9,14-15,17H,3,7,10-12H2,1-2H3. The predicted octanol–water partition coefficient (Wildman–Crippen LogP) is 2.39. The molecule has 0 aliphatic carbocycles. The van der Waals surface area contributed by atoms with Crippen molar-refractivity contribution in [3.8, 4) is 0 Å². The number of amides is 1. The van der Waals surface area contributed by atoms with Gasteiger partial charge in [-0.15, -0.1) is 0 Å². The molecule has 1 aromatic carbocycles. The topological polar surface area (TPSA) is 32.3 Å². The second-order valence-corrected chi connectivity index (χ2v) is 5.38. The van der Waals surface area contributed by atoms with Crippen LogP contribution in [0.3, 0.4) is 0 Å². The zero-order valence-electron chi connectivity index (χ0n) is 11.9. The molecule has 1 heterocycles. The van der Waals surface area contributed by atoms with Crippen molar-refractivity contribution in [3.05, 3.63) is 35.9 Å². The van der Waals surface area contributed by atoms with Crippen LogP contribution in [0.2, 0.25) is 0 Å². The third-order valence-corrected chi connectivity index (χ3v) is 3.94. The maximum Gasteiger partial charge on any atom is 0.229 e. The van der Waals surface area contributed by atoms with Crippen LogP contribution >= 0.6 is 0 Å². The van der Waals surface area contributed by atoms with Gasteiger partial charge in [-0.05, 0) is 31.4 Å². The van der Waals surface area contributed by atoms with Crippen LogP contribution in [0.1, 0.15) is 37.7 Å². The molecule has 0 saturated carbocycles. The first-order valence-electron chi connectivity index (χ1n) is 7.25. The monoisotopic (exact) mass is 260 g/mol. The Hall–Kier alpha value is -1.35. The molecule has 1 aliphatic rings. The molecule has 2 rings (SSSR count). The van der Waals surface area contributed by atoms with Gasteiger partial charge in [0, 0.05) is 19.6 Å².